The number of hydrogen-bond donors (Lipinski definition) is 0. The summed E-state index contributed by atoms with van der Waals surface area (Å²) in [6.07, 6.45) is 16.3. The molecule has 0 amide bonds. The van der Waals surface area contributed by atoms with Crippen molar-refractivity contribution < 1.29 is 21.1 Å². The van der Waals surface area contributed by atoms with Gasteiger partial charge in [0.05, 0.1) is 15.5 Å². The molecule has 0 unspecified atom stereocenters. The van der Waals surface area contributed by atoms with Crippen molar-refractivity contribution in [2.24, 2.45) is 0 Å². The van der Waals surface area contributed by atoms with Crippen molar-refractivity contribution in [3.8, 4) is 11.1 Å². The van der Waals surface area contributed by atoms with Crippen LogP contribution in [0, 0.1) is 23.9 Å². The van der Waals surface area contributed by atoms with Gasteiger partial charge in [-0.05, 0) is 52.3 Å². The monoisotopic (exact) mass is 1280 g/mol. The van der Waals surface area contributed by atoms with E-state index >= 15 is 0 Å². The van der Waals surface area contributed by atoms with Crippen molar-refractivity contribution in [3.05, 3.63) is 316 Å². The average Bonchev–Trinajstić information content (AvgIpc) is 3.48. The van der Waals surface area contributed by atoms with Crippen LogP contribution in [-0.4, -0.2) is 31.6 Å². The van der Waals surface area contributed by atoms with Gasteiger partial charge in [-0.2, -0.15) is 0 Å². The van der Waals surface area contributed by atoms with Crippen LogP contribution < -0.4 is 52.3 Å². The van der Waals surface area contributed by atoms with Crippen LogP contribution >= 0.6 is 14.9 Å². The Balaban J connectivity index is 0.000000167. The molecule has 10 rings (SSSR count). The zero-order valence-electron chi connectivity index (χ0n) is 45.1. The molecule has 0 saturated heterocycles. The summed E-state index contributed by atoms with van der Waals surface area (Å²) in [7, 11) is -7.68. The molecule has 0 fully saturated rings. The molecule has 0 atom stereocenters. The summed E-state index contributed by atoms with van der Waals surface area (Å²) in [6, 6.07) is 106. The molecule has 10 aromatic carbocycles. The van der Waals surface area contributed by atoms with Crippen LogP contribution in [0.2, 0.25) is 39.3 Å². The summed E-state index contributed by atoms with van der Waals surface area (Å²) < 4.78 is 0. The molecule has 0 saturated carbocycles. The van der Waals surface area contributed by atoms with Crippen molar-refractivity contribution in [2.75, 3.05) is 0 Å². The Labute approximate surface area is 482 Å². The second kappa shape index (κ2) is 29.5. The third-order valence-corrected chi connectivity index (χ3v) is 38.1. The van der Waals surface area contributed by atoms with Gasteiger partial charge in [-0.15, -0.1) is 0 Å². The largest absolute Gasteiger partial charge is 2.00 e. The van der Waals surface area contributed by atoms with E-state index in [9.17, 15) is 0 Å². The van der Waals surface area contributed by atoms with E-state index in [2.05, 4.69) is 244 Å². The number of benzene rings is 10. The Morgan fingerprint density at radius 2 is 0.364 bits per heavy atom. The molecule has 0 bridgehead atoms. The van der Waals surface area contributed by atoms with E-state index in [4.69, 9.17) is 12.8 Å². The van der Waals surface area contributed by atoms with Crippen molar-refractivity contribution in [2.45, 2.75) is 39.3 Å². The van der Waals surface area contributed by atoms with Crippen LogP contribution in [0.1, 0.15) is 0 Å². The van der Waals surface area contributed by atoms with Gasteiger partial charge in [0.25, 0.3) is 0 Å². The second-order valence-corrected chi connectivity index (χ2v) is 50.1. The first-order valence-electron chi connectivity index (χ1n) is 25.9. The van der Waals surface area contributed by atoms with E-state index in [-0.39, 0.29) is 36.0 Å². The molecular weight excluding hydrogens is 1210 g/mol. The van der Waals surface area contributed by atoms with E-state index in [1.165, 1.54) is 52.3 Å². The first-order chi connectivity index (χ1) is 36.9. The molecule has 0 N–H and O–H groups in total. The maximum Gasteiger partial charge on any atom is 2.00 e. The van der Waals surface area contributed by atoms with Gasteiger partial charge in [0.2, 0.25) is 0 Å². The van der Waals surface area contributed by atoms with E-state index < -0.39 is 31.6 Å². The Bertz CT molecular complexity index is 2810. The topological polar surface area (TPSA) is 0 Å². The number of rotatable bonds is 12. The van der Waals surface area contributed by atoms with E-state index in [1.54, 1.807) is 0 Å². The summed E-state index contributed by atoms with van der Waals surface area (Å²) >= 11 is 0. The molecule has 0 aliphatic rings. The van der Waals surface area contributed by atoms with Crippen molar-refractivity contribution in [1.82, 2.24) is 0 Å². The minimum absolute atomic E-state index is 0. The maximum atomic E-state index is 8.13. The summed E-state index contributed by atoms with van der Waals surface area (Å²) in [6.45, 7) is 14.8. The molecule has 0 aliphatic heterocycles. The summed E-state index contributed by atoms with van der Waals surface area (Å²) in [4.78, 5) is 0. The summed E-state index contributed by atoms with van der Waals surface area (Å²) in [5.74, 6) is 0. The molecule has 0 aromatic heterocycles. The van der Waals surface area contributed by atoms with Crippen molar-refractivity contribution >= 4 is 98.9 Å². The normalized spacial score (nSPS) is 11.1. The zero-order valence-corrected chi connectivity index (χ0v) is 53.1. The minimum atomic E-state index is -2.48. The quantitative estimate of drug-likeness (QED) is 0.0376. The van der Waals surface area contributed by atoms with Gasteiger partial charge in [-0.1, -0.05) is 358 Å². The van der Waals surface area contributed by atoms with Crippen molar-refractivity contribution in [1.29, 1.82) is 0 Å². The van der Waals surface area contributed by atoms with E-state index in [0.29, 0.717) is 0 Å². The van der Waals surface area contributed by atoms with Gasteiger partial charge < -0.3 is 23.9 Å². The van der Waals surface area contributed by atoms with E-state index in [0.717, 1.165) is 0 Å². The first-order valence-corrected chi connectivity index (χ1v) is 41.3. The molecule has 0 spiro atoms. The van der Waals surface area contributed by atoms with Crippen LogP contribution in [-0.2, 0) is 21.1 Å². The SMILES string of the molecule is C[Si](C)(C)P(c1ccccc1)c1ccccc1.C[Si](C)(C)P(c1ccccc1)c1ccccc1.[C-]#C[Si](c1ccccc1)(c1ccccc1)c1ccccc1.[C-]#C[Si](c1ccccc1)(c1ccccc1)c1ccccc1.[Pt+2]. The van der Waals surface area contributed by atoms with Crippen LogP contribution in [0.15, 0.2) is 303 Å². The molecular formula is C70H68P2PtSi4. The Hall–Kier alpha value is -6.26. The standard InChI is InChI=1S/2C20H15Si.2C15H19PSi.Pt/c2*1-2-21(18-12-6-3-7-13-18,19-14-8-4-9-15-19)20-16-10-5-11-17-20;2*1-17(2,3)16(14-10-6-4-7-11-14)15-12-8-5-9-13-15;/h2*3-17H;2*4-13H,1-3H3;/q2*-1;;;+2. The maximum absolute atomic E-state index is 8.13. The summed E-state index contributed by atoms with van der Waals surface area (Å²) in [5.41, 5.74) is 5.91. The fourth-order valence-electron chi connectivity index (χ4n) is 9.72. The van der Waals surface area contributed by atoms with Gasteiger partial charge in [0, 0.05) is 0 Å². The second-order valence-electron chi connectivity index (χ2n) is 20.3. The Morgan fingerprint density at radius 3 is 0.481 bits per heavy atom. The van der Waals surface area contributed by atoms with Crippen LogP contribution in [0.3, 0.4) is 0 Å². The Morgan fingerprint density at radius 1 is 0.234 bits per heavy atom. The molecule has 7 heteroatoms. The molecule has 0 radical (unpaired) electrons. The Kier molecular flexibility index (Phi) is 23.0. The molecule has 77 heavy (non-hydrogen) atoms. The van der Waals surface area contributed by atoms with Crippen LogP contribution in [0.4, 0.5) is 0 Å². The van der Waals surface area contributed by atoms with Gasteiger partial charge in [0.15, 0.2) is 16.1 Å². The van der Waals surface area contributed by atoms with Gasteiger partial charge in [0.1, 0.15) is 0 Å². The van der Waals surface area contributed by atoms with Gasteiger partial charge in [-0.3, -0.25) is 0 Å². The molecule has 384 valence electrons. The van der Waals surface area contributed by atoms with Crippen LogP contribution in [0.5, 0.6) is 0 Å². The van der Waals surface area contributed by atoms with Gasteiger partial charge >= 0.3 is 21.1 Å². The minimum Gasteiger partial charge on any atom is -0.700 e. The molecule has 0 heterocycles. The van der Waals surface area contributed by atoms with E-state index in [1.807, 2.05) is 109 Å². The zero-order chi connectivity index (χ0) is 53.7. The third-order valence-electron chi connectivity index (χ3n) is 13.0. The fourth-order valence-corrected chi connectivity index (χ4v) is 33.4. The predicted molar refractivity (Wildman–Crippen MR) is 347 cm³/mol. The average molecular weight is 1280 g/mol. The molecule has 0 nitrogen and oxygen atoms in total. The van der Waals surface area contributed by atoms with Gasteiger partial charge in [-0.25, -0.2) is 0 Å². The third kappa shape index (κ3) is 15.5. The van der Waals surface area contributed by atoms with Crippen molar-refractivity contribution in [3.63, 3.8) is 0 Å². The molecule has 10 aromatic rings. The number of hydrogen-bond acceptors (Lipinski definition) is 0. The predicted octanol–water partition coefficient (Wildman–Crippen LogP) is 12.5. The van der Waals surface area contributed by atoms with Crippen LogP contribution in [0.25, 0.3) is 0 Å². The smallest absolute Gasteiger partial charge is 0.700 e. The molecule has 0 aliphatic carbocycles. The fraction of sp³-hybridized carbons (Fsp3) is 0.0857. The summed E-state index contributed by atoms with van der Waals surface area (Å²) in [5, 5.41) is 13.2. The first kappa shape index (κ1) is 60.0.